The van der Waals surface area contributed by atoms with E-state index in [1.165, 1.54) is 0 Å². The number of carbonyl (C=O) groups excluding carboxylic acids is 1. The van der Waals surface area contributed by atoms with Crippen molar-refractivity contribution in [1.82, 2.24) is 4.90 Å². The van der Waals surface area contributed by atoms with Gasteiger partial charge in [0.05, 0.1) is 5.92 Å². The minimum Gasteiger partial charge on any atom is -0.426 e. The highest BCUT2D eigenvalue weighted by molar-refractivity contribution is 5.75. The predicted octanol–water partition coefficient (Wildman–Crippen LogP) is 3.10. The van der Waals surface area contributed by atoms with Crippen LogP contribution in [0.1, 0.15) is 33.6 Å². The third-order valence-corrected chi connectivity index (χ3v) is 3.67. The number of para-hydroxylation sites is 1. The highest BCUT2D eigenvalue weighted by Crippen LogP contribution is 2.25. The minimum atomic E-state index is -0.0971. The summed E-state index contributed by atoms with van der Waals surface area (Å²) in [6.07, 6.45) is 1.99. The lowest BCUT2D eigenvalue weighted by Crippen LogP contribution is -2.49. The normalized spacial score (nSPS) is 21.1. The Labute approximate surface area is 115 Å². The molecule has 3 nitrogen and oxygen atoms in total. The van der Waals surface area contributed by atoms with Crippen molar-refractivity contribution in [2.75, 3.05) is 13.1 Å². The topological polar surface area (TPSA) is 29.5 Å². The van der Waals surface area contributed by atoms with Crippen molar-refractivity contribution in [3.63, 3.8) is 0 Å². The quantitative estimate of drug-likeness (QED) is 0.605. The number of esters is 1. The Morgan fingerprint density at radius 1 is 1.26 bits per heavy atom. The first kappa shape index (κ1) is 14.1. The molecule has 3 heteroatoms. The van der Waals surface area contributed by atoms with Crippen LogP contribution in [0.4, 0.5) is 0 Å². The molecule has 0 aliphatic carbocycles. The van der Waals surface area contributed by atoms with Crippen LogP contribution in [0.15, 0.2) is 30.3 Å². The van der Waals surface area contributed by atoms with Gasteiger partial charge in [-0.15, -0.1) is 0 Å². The molecule has 1 aromatic carbocycles. The Morgan fingerprint density at radius 2 is 1.95 bits per heavy atom. The van der Waals surface area contributed by atoms with E-state index in [-0.39, 0.29) is 17.4 Å². The molecule has 1 saturated heterocycles. The van der Waals surface area contributed by atoms with Gasteiger partial charge < -0.3 is 4.74 Å². The molecular formula is C16H23NO2. The molecule has 1 aromatic rings. The summed E-state index contributed by atoms with van der Waals surface area (Å²) in [4.78, 5) is 14.6. The molecule has 0 aromatic heterocycles. The van der Waals surface area contributed by atoms with Crippen LogP contribution < -0.4 is 4.74 Å². The second-order valence-corrected chi connectivity index (χ2v) is 6.19. The van der Waals surface area contributed by atoms with Crippen molar-refractivity contribution in [3.8, 4) is 5.75 Å². The van der Waals surface area contributed by atoms with E-state index in [0.29, 0.717) is 5.75 Å². The molecule has 0 spiro atoms. The Morgan fingerprint density at radius 3 is 2.58 bits per heavy atom. The van der Waals surface area contributed by atoms with Gasteiger partial charge in [-0.25, -0.2) is 0 Å². The largest absolute Gasteiger partial charge is 0.426 e. The van der Waals surface area contributed by atoms with Gasteiger partial charge in [0.15, 0.2) is 0 Å². The lowest BCUT2D eigenvalue weighted by atomic mass is 9.93. The number of rotatable bonds is 2. The molecule has 0 amide bonds. The number of hydrogen-bond donors (Lipinski definition) is 0. The molecule has 1 fully saturated rings. The second kappa shape index (κ2) is 5.74. The molecular weight excluding hydrogens is 238 g/mol. The molecule has 1 heterocycles. The van der Waals surface area contributed by atoms with Crippen LogP contribution >= 0.6 is 0 Å². The average molecular weight is 261 g/mol. The van der Waals surface area contributed by atoms with Crippen molar-refractivity contribution in [3.05, 3.63) is 30.3 Å². The summed E-state index contributed by atoms with van der Waals surface area (Å²) in [6.45, 7) is 8.45. The zero-order valence-corrected chi connectivity index (χ0v) is 12.1. The maximum absolute atomic E-state index is 12.2. The van der Waals surface area contributed by atoms with Crippen molar-refractivity contribution in [2.24, 2.45) is 5.92 Å². The van der Waals surface area contributed by atoms with Gasteiger partial charge in [0.25, 0.3) is 0 Å². The fourth-order valence-corrected chi connectivity index (χ4v) is 2.47. The monoisotopic (exact) mass is 261 g/mol. The highest BCUT2D eigenvalue weighted by atomic mass is 16.5. The van der Waals surface area contributed by atoms with Gasteiger partial charge in [-0.3, -0.25) is 9.69 Å². The minimum absolute atomic E-state index is 0.00631. The van der Waals surface area contributed by atoms with Crippen LogP contribution in [-0.2, 0) is 4.79 Å². The number of carbonyl (C=O) groups is 1. The zero-order valence-electron chi connectivity index (χ0n) is 12.1. The maximum atomic E-state index is 12.2. The Kier molecular flexibility index (Phi) is 4.25. The van der Waals surface area contributed by atoms with E-state index in [2.05, 4.69) is 25.7 Å². The van der Waals surface area contributed by atoms with Gasteiger partial charge in [-0.05, 0) is 52.3 Å². The summed E-state index contributed by atoms with van der Waals surface area (Å²) >= 11 is 0. The van der Waals surface area contributed by atoms with Gasteiger partial charge in [-0.1, -0.05) is 18.2 Å². The van der Waals surface area contributed by atoms with E-state index in [9.17, 15) is 4.79 Å². The first-order chi connectivity index (χ1) is 8.97. The third kappa shape index (κ3) is 3.80. The van der Waals surface area contributed by atoms with Crippen molar-refractivity contribution in [1.29, 1.82) is 0 Å². The SMILES string of the molecule is CC(C)(C)N1CCCC(C(=O)Oc2ccccc2)C1. The van der Waals surface area contributed by atoms with Crippen molar-refractivity contribution in [2.45, 2.75) is 39.2 Å². The number of ether oxygens (including phenoxy) is 1. The Bertz CT molecular complexity index is 422. The van der Waals surface area contributed by atoms with Crippen LogP contribution in [-0.4, -0.2) is 29.5 Å². The highest BCUT2D eigenvalue weighted by Gasteiger charge is 2.32. The molecule has 104 valence electrons. The Hall–Kier alpha value is -1.35. The Balaban J connectivity index is 1.96. The van der Waals surface area contributed by atoms with Crippen LogP contribution in [0.2, 0.25) is 0 Å². The van der Waals surface area contributed by atoms with Crippen LogP contribution in [0, 0.1) is 5.92 Å². The molecule has 1 atom stereocenters. The first-order valence-corrected chi connectivity index (χ1v) is 6.98. The molecule has 19 heavy (non-hydrogen) atoms. The fourth-order valence-electron chi connectivity index (χ4n) is 2.47. The first-order valence-electron chi connectivity index (χ1n) is 6.98. The smallest absolute Gasteiger partial charge is 0.315 e. The van der Waals surface area contributed by atoms with E-state index in [0.717, 1.165) is 25.9 Å². The lowest BCUT2D eigenvalue weighted by molar-refractivity contribution is -0.141. The van der Waals surface area contributed by atoms with E-state index in [1.54, 1.807) is 0 Å². The zero-order chi connectivity index (χ0) is 13.9. The summed E-state index contributed by atoms with van der Waals surface area (Å²) in [5, 5.41) is 0. The van der Waals surface area contributed by atoms with Gasteiger partial charge in [0, 0.05) is 12.1 Å². The van der Waals surface area contributed by atoms with Crippen LogP contribution in [0.5, 0.6) is 5.75 Å². The second-order valence-electron chi connectivity index (χ2n) is 6.19. The van der Waals surface area contributed by atoms with Gasteiger partial charge in [0.2, 0.25) is 0 Å². The van der Waals surface area contributed by atoms with Crippen molar-refractivity contribution < 1.29 is 9.53 Å². The summed E-state index contributed by atoms with van der Waals surface area (Å²) in [5.74, 6) is 0.536. The molecule has 0 radical (unpaired) electrons. The van der Waals surface area contributed by atoms with Crippen LogP contribution in [0.3, 0.4) is 0 Å². The van der Waals surface area contributed by atoms with Gasteiger partial charge in [0.1, 0.15) is 5.75 Å². The maximum Gasteiger partial charge on any atom is 0.315 e. The van der Waals surface area contributed by atoms with Gasteiger partial charge >= 0.3 is 5.97 Å². The van der Waals surface area contributed by atoms with Crippen LogP contribution in [0.25, 0.3) is 0 Å². The van der Waals surface area contributed by atoms with E-state index >= 15 is 0 Å². The van der Waals surface area contributed by atoms with Gasteiger partial charge in [-0.2, -0.15) is 0 Å². The summed E-state index contributed by atoms with van der Waals surface area (Å²) < 4.78 is 5.45. The molecule has 1 aliphatic heterocycles. The average Bonchev–Trinajstić information content (AvgIpc) is 2.39. The number of piperidine rings is 1. The molecule has 2 rings (SSSR count). The molecule has 0 N–H and O–H groups in total. The van der Waals surface area contributed by atoms with E-state index in [1.807, 2.05) is 30.3 Å². The standard InChI is InChI=1S/C16H23NO2/c1-16(2,3)17-11-7-8-13(12-17)15(18)19-14-9-5-4-6-10-14/h4-6,9-10,13H,7-8,11-12H2,1-3H3. The number of likely N-dealkylation sites (tertiary alicyclic amines) is 1. The van der Waals surface area contributed by atoms with E-state index in [4.69, 9.17) is 4.74 Å². The van der Waals surface area contributed by atoms with E-state index < -0.39 is 0 Å². The summed E-state index contributed by atoms with van der Waals surface area (Å²) in [7, 11) is 0. The predicted molar refractivity (Wildman–Crippen MR) is 76.1 cm³/mol. The molecule has 1 unspecified atom stereocenters. The number of hydrogen-bond acceptors (Lipinski definition) is 3. The number of nitrogens with zero attached hydrogens (tertiary/aromatic N) is 1. The molecule has 0 saturated carbocycles. The van der Waals surface area contributed by atoms with Crippen molar-refractivity contribution >= 4 is 5.97 Å². The number of benzene rings is 1. The fraction of sp³-hybridized carbons (Fsp3) is 0.562. The molecule has 1 aliphatic rings. The summed E-state index contributed by atoms with van der Waals surface area (Å²) in [5.41, 5.74) is 0.117. The molecule has 0 bridgehead atoms. The lowest BCUT2D eigenvalue weighted by Gasteiger charge is -2.40. The third-order valence-electron chi connectivity index (χ3n) is 3.67. The summed E-state index contributed by atoms with van der Waals surface area (Å²) in [6, 6.07) is 9.32.